The summed E-state index contributed by atoms with van der Waals surface area (Å²) in [5, 5.41) is 8.07. The van der Waals surface area contributed by atoms with Gasteiger partial charge in [0.25, 0.3) is 0 Å². The highest BCUT2D eigenvalue weighted by atomic mass is 35.5. The molecule has 0 amide bonds. The maximum absolute atomic E-state index is 7.50. The predicted octanol–water partition coefficient (Wildman–Crippen LogP) is 3.20. The molecule has 0 unspecified atom stereocenters. The van der Waals surface area contributed by atoms with E-state index in [2.05, 4.69) is 0 Å². The van der Waals surface area contributed by atoms with Gasteiger partial charge in [0.2, 0.25) is 0 Å². The topological polar surface area (TPSA) is 59.1 Å². The minimum absolute atomic E-state index is 0.0355. The van der Waals surface area contributed by atoms with Gasteiger partial charge in [0.05, 0.1) is 5.02 Å². The Morgan fingerprint density at radius 1 is 1.11 bits per heavy atom. The molecule has 3 N–H and O–H groups in total. The lowest BCUT2D eigenvalue weighted by Gasteiger charge is -2.10. The van der Waals surface area contributed by atoms with Crippen molar-refractivity contribution >= 4 is 17.4 Å². The van der Waals surface area contributed by atoms with Crippen LogP contribution >= 0.6 is 11.6 Å². The Labute approximate surface area is 111 Å². The molecule has 18 heavy (non-hydrogen) atoms. The van der Waals surface area contributed by atoms with Crippen molar-refractivity contribution < 1.29 is 4.74 Å². The molecule has 0 aromatic heterocycles. The van der Waals surface area contributed by atoms with E-state index < -0.39 is 0 Å². The molecule has 2 aromatic carbocycles. The first-order valence-corrected chi connectivity index (χ1v) is 5.86. The first kappa shape index (κ1) is 12.5. The summed E-state index contributed by atoms with van der Waals surface area (Å²) in [5.74, 6) is 0.658. The van der Waals surface area contributed by atoms with Crippen molar-refractivity contribution in [2.45, 2.75) is 6.61 Å². The summed E-state index contributed by atoms with van der Waals surface area (Å²) in [6.07, 6.45) is 0. The standard InChI is InChI=1S/C14H13ClN2O/c15-12-7-3-4-8-13(12)18-9-10-5-1-2-6-11(10)14(16)17/h1-8H,9H2,(H3,16,17). The maximum Gasteiger partial charge on any atom is 0.138 e. The van der Waals surface area contributed by atoms with Crippen molar-refractivity contribution in [3.63, 3.8) is 0 Å². The maximum atomic E-state index is 7.50. The summed E-state index contributed by atoms with van der Waals surface area (Å²) in [5.41, 5.74) is 7.07. The van der Waals surface area contributed by atoms with E-state index in [4.69, 9.17) is 27.5 Å². The second-order valence-corrected chi connectivity index (χ2v) is 4.20. The zero-order valence-electron chi connectivity index (χ0n) is 9.69. The van der Waals surface area contributed by atoms with E-state index in [9.17, 15) is 0 Å². The first-order valence-electron chi connectivity index (χ1n) is 5.48. The minimum Gasteiger partial charge on any atom is -0.487 e. The van der Waals surface area contributed by atoms with Crippen LogP contribution in [0.15, 0.2) is 48.5 Å². The highest BCUT2D eigenvalue weighted by molar-refractivity contribution is 6.32. The summed E-state index contributed by atoms with van der Waals surface area (Å²) >= 11 is 6.00. The van der Waals surface area contributed by atoms with Gasteiger partial charge in [-0.25, -0.2) is 0 Å². The monoisotopic (exact) mass is 260 g/mol. The average Bonchev–Trinajstić information content (AvgIpc) is 2.38. The van der Waals surface area contributed by atoms with Gasteiger partial charge in [-0.15, -0.1) is 0 Å². The highest BCUT2D eigenvalue weighted by Gasteiger charge is 2.06. The molecule has 0 aliphatic carbocycles. The third-order valence-corrected chi connectivity index (χ3v) is 2.84. The Morgan fingerprint density at radius 2 is 1.78 bits per heavy atom. The van der Waals surface area contributed by atoms with E-state index >= 15 is 0 Å². The molecule has 4 heteroatoms. The Balaban J connectivity index is 2.16. The van der Waals surface area contributed by atoms with Crippen LogP contribution in [0, 0.1) is 5.41 Å². The highest BCUT2D eigenvalue weighted by Crippen LogP contribution is 2.24. The third kappa shape index (κ3) is 2.81. The smallest absolute Gasteiger partial charge is 0.138 e. The fraction of sp³-hybridized carbons (Fsp3) is 0.0714. The lowest BCUT2D eigenvalue weighted by Crippen LogP contribution is -2.14. The minimum atomic E-state index is 0.0355. The lowest BCUT2D eigenvalue weighted by atomic mass is 10.1. The van der Waals surface area contributed by atoms with Crippen molar-refractivity contribution in [2.75, 3.05) is 0 Å². The molecule has 0 spiro atoms. The quantitative estimate of drug-likeness (QED) is 0.655. The second-order valence-electron chi connectivity index (χ2n) is 3.79. The Hall–Kier alpha value is -2.00. The number of nitrogens with two attached hydrogens (primary N) is 1. The third-order valence-electron chi connectivity index (χ3n) is 2.53. The van der Waals surface area contributed by atoms with E-state index in [1.54, 1.807) is 18.2 Å². The summed E-state index contributed by atoms with van der Waals surface area (Å²) in [7, 11) is 0. The van der Waals surface area contributed by atoms with Crippen molar-refractivity contribution in [1.29, 1.82) is 5.41 Å². The van der Waals surface area contributed by atoms with Gasteiger partial charge < -0.3 is 10.5 Å². The molecule has 0 heterocycles. The SMILES string of the molecule is N=C(N)c1ccccc1COc1ccccc1Cl. The number of para-hydroxylation sites is 1. The molecule has 92 valence electrons. The molecule has 2 rings (SSSR count). The summed E-state index contributed by atoms with van der Waals surface area (Å²) in [6.45, 7) is 0.333. The Bertz CT molecular complexity index is 569. The van der Waals surface area contributed by atoms with Gasteiger partial charge in [0.1, 0.15) is 18.2 Å². The Kier molecular flexibility index (Phi) is 3.85. The largest absolute Gasteiger partial charge is 0.487 e. The van der Waals surface area contributed by atoms with Crippen molar-refractivity contribution in [1.82, 2.24) is 0 Å². The fourth-order valence-electron chi connectivity index (χ4n) is 1.63. The van der Waals surface area contributed by atoms with Gasteiger partial charge in [-0.05, 0) is 12.1 Å². The van der Waals surface area contributed by atoms with Gasteiger partial charge in [-0.3, -0.25) is 5.41 Å². The van der Waals surface area contributed by atoms with Crippen LogP contribution in [-0.2, 0) is 6.61 Å². The average molecular weight is 261 g/mol. The lowest BCUT2D eigenvalue weighted by molar-refractivity contribution is 0.306. The molecule has 3 nitrogen and oxygen atoms in total. The molecule has 0 aliphatic rings. The van der Waals surface area contributed by atoms with Crippen LogP contribution in [0.3, 0.4) is 0 Å². The van der Waals surface area contributed by atoms with Crippen molar-refractivity contribution in [3.05, 3.63) is 64.7 Å². The van der Waals surface area contributed by atoms with Crippen LogP contribution in [-0.4, -0.2) is 5.84 Å². The number of hydrogen-bond acceptors (Lipinski definition) is 2. The van der Waals surface area contributed by atoms with Crippen LogP contribution in [0.5, 0.6) is 5.75 Å². The number of benzene rings is 2. The fourth-order valence-corrected chi connectivity index (χ4v) is 1.82. The molecule has 0 saturated carbocycles. The van der Waals surface area contributed by atoms with E-state index in [0.29, 0.717) is 22.9 Å². The van der Waals surface area contributed by atoms with Gasteiger partial charge in [0.15, 0.2) is 0 Å². The summed E-state index contributed by atoms with van der Waals surface area (Å²) in [4.78, 5) is 0. The summed E-state index contributed by atoms with van der Waals surface area (Å²) < 4.78 is 5.63. The summed E-state index contributed by atoms with van der Waals surface area (Å²) in [6, 6.07) is 14.7. The van der Waals surface area contributed by atoms with E-state index in [1.165, 1.54) is 0 Å². The number of ether oxygens (including phenoxy) is 1. The van der Waals surface area contributed by atoms with Crippen LogP contribution in [0.25, 0.3) is 0 Å². The second kappa shape index (κ2) is 5.56. The van der Waals surface area contributed by atoms with Gasteiger partial charge in [0, 0.05) is 11.1 Å². The molecule has 0 aliphatic heterocycles. The normalized spacial score (nSPS) is 10.1. The van der Waals surface area contributed by atoms with Crippen molar-refractivity contribution in [3.8, 4) is 5.75 Å². The zero-order chi connectivity index (χ0) is 13.0. The number of nitrogen functional groups attached to an aromatic ring is 1. The van der Waals surface area contributed by atoms with Crippen LogP contribution in [0.4, 0.5) is 0 Å². The molecule has 0 radical (unpaired) electrons. The number of halogens is 1. The molecule has 2 aromatic rings. The van der Waals surface area contributed by atoms with Crippen LogP contribution < -0.4 is 10.5 Å². The number of hydrogen-bond donors (Lipinski definition) is 2. The van der Waals surface area contributed by atoms with Crippen LogP contribution in [0.2, 0.25) is 5.02 Å². The van der Waals surface area contributed by atoms with E-state index in [1.807, 2.05) is 30.3 Å². The number of rotatable bonds is 4. The molecular formula is C14H13ClN2O. The van der Waals surface area contributed by atoms with Gasteiger partial charge in [-0.2, -0.15) is 0 Å². The molecular weight excluding hydrogens is 248 g/mol. The first-order chi connectivity index (χ1) is 8.68. The number of amidine groups is 1. The zero-order valence-corrected chi connectivity index (χ0v) is 10.4. The van der Waals surface area contributed by atoms with E-state index in [-0.39, 0.29) is 5.84 Å². The Morgan fingerprint density at radius 3 is 2.50 bits per heavy atom. The molecule has 0 atom stereocenters. The van der Waals surface area contributed by atoms with Crippen molar-refractivity contribution in [2.24, 2.45) is 5.73 Å². The number of nitrogens with one attached hydrogen (secondary N) is 1. The van der Waals surface area contributed by atoms with Crippen LogP contribution in [0.1, 0.15) is 11.1 Å². The molecule has 0 fully saturated rings. The molecule has 0 bridgehead atoms. The van der Waals surface area contributed by atoms with E-state index in [0.717, 1.165) is 5.56 Å². The van der Waals surface area contributed by atoms with Gasteiger partial charge >= 0.3 is 0 Å². The molecule has 0 saturated heterocycles. The van der Waals surface area contributed by atoms with Gasteiger partial charge in [-0.1, -0.05) is 48.0 Å². The predicted molar refractivity (Wildman–Crippen MR) is 73.2 cm³/mol.